The van der Waals surface area contributed by atoms with Gasteiger partial charge in [-0.3, -0.25) is 4.79 Å². The number of nitrogens with one attached hydrogen (secondary N) is 1. The second-order valence-corrected chi connectivity index (χ2v) is 6.87. The first-order valence-corrected chi connectivity index (χ1v) is 8.12. The molecule has 0 rings (SSSR count). The van der Waals surface area contributed by atoms with Gasteiger partial charge in [-0.2, -0.15) is 0 Å². The molecule has 0 aliphatic carbocycles. The number of carbonyl (C=O) groups is 2. The summed E-state index contributed by atoms with van der Waals surface area (Å²) >= 11 is 0. The zero-order valence-electron chi connectivity index (χ0n) is 15.1. The number of amides is 1. The van der Waals surface area contributed by atoms with Gasteiger partial charge < -0.3 is 19.6 Å². The monoisotopic (exact) mass is 315 g/mol. The Bertz CT molecular complexity index is 351. The molecular formula is C17H33NO4. The Balaban J connectivity index is 3.96. The van der Waals surface area contributed by atoms with Crippen molar-refractivity contribution in [2.24, 2.45) is 0 Å². The summed E-state index contributed by atoms with van der Waals surface area (Å²) < 4.78 is 11.6. The molecule has 0 aromatic carbocycles. The molecule has 5 nitrogen and oxygen atoms in total. The van der Waals surface area contributed by atoms with E-state index in [9.17, 15) is 9.59 Å². The van der Waals surface area contributed by atoms with Crippen LogP contribution in [0.2, 0.25) is 0 Å². The molecule has 0 spiro atoms. The van der Waals surface area contributed by atoms with Crippen molar-refractivity contribution in [3.63, 3.8) is 0 Å². The number of ketones is 1. The van der Waals surface area contributed by atoms with Crippen LogP contribution < -0.4 is 5.32 Å². The van der Waals surface area contributed by atoms with Crippen molar-refractivity contribution in [2.75, 3.05) is 19.8 Å². The SMILES string of the molecule is CCNC(=O)CCOC(C)(C)CCOC(C)(C)CCC(C)=O. The van der Waals surface area contributed by atoms with E-state index in [0.29, 0.717) is 32.6 Å². The highest BCUT2D eigenvalue weighted by Crippen LogP contribution is 2.20. The summed E-state index contributed by atoms with van der Waals surface area (Å²) in [4.78, 5) is 22.4. The fourth-order valence-corrected chi connectivity index (χ4v) is 1.90. The molecule has 0 atom stereocenters. The third kappa shape index (κ3) is 11.7. The van der Waals surface area contributed by atoms with Crippen LogP contribution in [0.5, 0.6) is 0 Å². The van der Waals surface area contributed by atoms with Gasteiger partial charge in [-0.05, 0) is 54.4 Å². The van der Waals surface area contributed by atoms with E-state index in [1.54, 1.807) is 6.92 Å². The number of Topliss-reactive ketones (excluding diaryl/α,β-unsaturated/α-hetero) is 1. The van der Waals surface area contributed by atoms with Crippen molar-refractivity contribution in [3.05, 3.63) is 0 Å². The van der Waals surface area contributed by atoms with E-state index in [1.807, 2.05) is 34.6 Å². The summed E-state index contributed by atoms with van der Waals surface area (Å²) in [5, 5.41) is 2.75. The fourth-order valence-electron chi connectivity index (χ4n) is 1.90. The molecule has 1 amide bonds. The van der Waals surface area contributed by atoms with E-state index in [1.165, 1.54) is 0 Å². The Morgan fingerprint density at radius 3 is 2.00 bits per heavy atom. The molecule has 0 aromatic heterocycles. The van der Waals surface area contributed by atoms with Crippen molar-refractivity contribution >= 4 is 11.7 Å². The van der Waals surface area contributed by atoms with Crippen LogP contribution in [0.4, 0.5) is 0 Å². The molecule has 0 aliphatic heterocycles. The summed E-state index contributed by atoms with van der Waals surface area (Å²) in [6, 6.07) is 0. The van der Waals surface area contributed by atoms with Crippen molar-refractivity contribution in [1.29, 1.82) is 0 Å². The van der Waals surface area contributed by atoms with Crippen LogP contribution in [0.3, 0.4) is 0 Å². The van der Waals surface area contributed by atoms with Crippen LogP contribution >= 0.6 is 0 Å². The highest BCUT2D eigenvalue weighted by atomic mass is 16.5. The third-order valence-electron chi connectivity index (χ3n) is 3.47. The molecule has 0 saturated heterocycles. The molecule has 0 aliphatic rings. The van der Waals surface area contributed by atoms with Crippen molar-refractivity contribution < 1.29 is 19.1 Å². The zero-order valence-corrected chi connectivity index (χ0v) is 15.1. The lowest BCUT2D eigenvalue weighted by Gasteiger charge is -2.29. The topological polar surface area (TPSA) is 64.6 Å². The summed E-state index contributed by atoms with van der Waals surface area (Å²) in [6.45, 7) is 13.1. The summed E-state index contributed by atoms with van der Waals surface area (Å²) in [5.41, 5.74) is -0.633. The van der Waals surface area contributed by atoms with Gasteiger partial charge >= 0.3 is 0 Å². The van der Waals surface area contributed by atoms with Gasteiger partial charge in [-0.15, -0.1) is 0 Å². The van der Waals surface area contributed by atoms with Gasteiger partial charge in [0.1, 0.15) is 5.78 Å². The van der Waals surface area contributed by atoms with Gasteiger partial charge in [0.25, 0.3) is 0 Å². The first-order chi connectivity index (χ1) is 10.1. The largest absolute Gasteiger partial charge is 0.375 e. The highest BCUT2D eigenvalue weighted by molar-refractivity contribution is 5.76. The quantitative estimate of drug-likeness (QED) is 0.601. The molecule has 0 radical (unpaired) electrons. The Hall–Kier alpha value is -0.940. The normalized spacial score (nSPS) is 12.3. The summed E-state index contributed by atoms with van der Waals surface area (Å²) in [6.07, 6.45) is 2.38. The first-order valence-electron chi connectivity index (χ1n) is 8.12. The average molecular weight is 315 g/mol. The standard InChI is InChI=1S/C17H33NO4/c1-7-18-15(20)9-12-21-17(5,6)11-13-22-16(3,4)10-8-14(2)19/h7-13H2,1-6H3,(H,18,20). The van der Waals surface area contributed by atoms with Crippen molar-refractivity contribution in [2.45, 2.75) is 78.4 Å². The van der Waals surface area contributed by atoms with Gasteiger partial charge in [-0.25, -0.2) is 0 Å². The van der Waals surface area contributed by atoms with Crippen LogP contribution in [0.1, 0.15) is 67.2 Å². The molecule has 5 heteroatoms. The number of rotatable bonds is 12. The second kappa shape index (κ2) is 9.95. The third-order valence-corrected chi connectivity index (χ3v) is 3.47. The molecule has 0 aromatic rings. The van der Waals surface area contributed by atoms with Gasteiger partial charge in [0.05, 0.1) is 24.4 Å². The van der Waals surface area contributed by atoms with Gasteiger partial charge in [0.15, 0.2) is 0 Å². The minimum Gasteiger partial charge on any atom is -0.375 e. The minimum absolute atomic E-state index is 0.0138. The lowest BCUT2D eigenvalue weighted by atomic mass is 10.0. The summed E-state index contributed by atoms with van der Waals surface area (Å²) in [5.74, 6) is 0.200. The van der Waals surface area contributed by atoms with Crippen LogP contribution in [-0.2, 0) is 19.1 Å². The molecule has 0 heterocycles. The predicted octanol–water partition coefficient (Wildman–Crippen LogP) is 2.86. The zero-order chi connectivity index (χ0) is 17.2. The van der Waals surface area contributed by atoms with E-state index in [4.69, 9.17) is 9.47 Å². The van der Waals surface area contributed by atoms with Gasteiger partial charge in [0, 0.05) is 19.4 Å². The van der Waals surface area contributed by atoms with Gasteiger partial charge in [-0.1, -0.05) is 0 Å². The maximum absolute atomic E-state index is 11.4. The van der Waals surface area contributed by atoms with E-state index < -0.39 is 0 Å². The fraction of sp³-hybridized carbons (Fsp3) is 0.882. The van der Waals surface area contributed by atoms with E-state index in [0.717, 1.165) is 12.8 Å². The van der Waals surface area contributed by atoms with E-state index in [-0.39, 0.29) is 22.9 Å². The van der Waals surface area contributed by atoms with E-state index in [2.05, 4.69) is 5.32 Å². The Morgan fingerprint density at radius 1 is 0.909 bits per heavy atom. The molecule has 0 saturated carbocycles. The second-order valence-electron chi connectivity index (χ2n) is 6.87. The number of ether oxygens (including phenoxy) is 2. The van der Waals surface area contributed by atoms with Crippen molar-refractivity contribution in [1.82, 2.24) is 5.32 Å². The summed E-state index contributed by atoms with van der Waals surface area (Å²) in [7, 11) is 0. The van der Waals surface area contributed by atoms with Crippen LogP contribution in [0.15, 0.2) is 0 Å². The predicted molar refractivity (Wildman–Crippen MR) is 87.9 cm³/mol. The van der Waals surface area contributed by atoms with Crippen molar-refractivity contribution in [3.8, 4) is 0 Å². The molecule has 22 heavy (non-hydrogen) atoms. The lowest BCUT2D eigenvalue weighted by molar-refractivity contribution is -0.125. The Kier molecular flexibility index (Phi) is 9.53. The Morgan fingerprint density at radius 2 is 1.45 bits per heavy atom. The number of hydrogen-bond donors (Lipinski definition) is 1. The number of carbonyl (C=O) groups excluding carboxylic acids is 2. The lowest BCUT2D eigenvalue weighted by Crippen LogP contribution is -2.32. The highest BCUT2D eigenvalue weighted by Gasteiger charge is 2.23. The molecule has 1 N–H and O–H groups in total. The molecule has 0 unspecified atom stereocenters. The first kappa shape index (κ1) is 21.1. The molecular weight excluding hydrogens is 282 g/mol. The Labute approximate surface area is 135 Å². The molecule has 0 fully saturated rings. The molecule has 0 bridgehead atoms. The van der Waals surface area contributed by atoms with Crippen LogP contribution in [-0.4, -0.2) is 42.7 Å². The maximum Gasteiger partial charge on any atom is 0.222 e. The van der Waals surface area contributed by atoms with Crippen LogP contribution in [0, 0.1) is 0 Å². The van der Waals surface area contributed by atoms with E-state index >= 15 is 0 Å². The average Bonchev–Trinajstić information content (AvgIpc) is 2.36. The van der Waals surface area contributed by atoms with Crippen LogP contribution in [0.25, 0.3) is 0 Å². The smallest absolute Gasteiger partial charge is 0.222 e. The molecule has 130 valence electrons. The minimum atomic E-state index is -0.330. The maximum atomic E-state index is 11.4. The van der Waals surface area contributed by atoms with Gasteiger partial charge in [0.2, 0.25) is 5.91 Å². The number of hydrogen-bond acceptors (Lipinski definition) is 4.